The maximum Gasteiger partial charge on any atom is 0.260 e. The van der Waals surface area contributed by atoms with Crippen LogP contribution < -0.4 is 9.80 Å². The normalized spacial score (nSPS) is 17.0. The fraction of sp³-hybridized carbons (Fsp3) is 0.250. The molecule has 21 heavy (non-hydrogen) atoms. The van der Waals surface area contributed by atoms with Gasteiger partial charge in [0.25, 0.3) is 5.91 Å². The van der Waals surface area contributed by atoms with E-state index in [1.807, 2.05) is 43.6 Å². The number of anilines is 2. The van der Waals surface area contributed by atoms with Gasteiger partial charge in [0, 0.05) is 44.3 Å². The van der Waals surface area contributed by atoms with Crippen molar-refractivity contribution in [2.75, 3.05) is 23.9 Å². The van der Waals surface area contributed by atoms with Crippen LogP contribution in [0.25, 0.3) is 0 Å². The average molecular weight is 283 g/mol. The number of aromatic nitrogens is 1. The quantitative estimate of drug-likeness (QED) is 0.932. The van der Waals surface area contributed by atoms with Gasteiger partial charge in [-0.15, -0.1) is 0 Å². The zero-order chi connectivity index (χ0) is 15.0. The number of carbonyl (C=O) groups is 1. The summed E-state index contributed by atoms with van der Waals surface area (Å²) in [6.07, 6.45) is 2.55. The van der Waals surface area contributed by atoms with Crippen molar-refractivity contribution in [3.8, 4) is 0 Å². The monoisotopic (exact) mass is 283 g/mol. The van der Waals surface area contributed by atoms with E-state index in [1.54, 1.807) is 13.2 Å². The number of benzene rings is 1. The minimum absolute atomic E-state index is 0.280. The summed E-state index contributed by atoms with van der Waals surface area (Å²) in [6, 6.07) is 9.60. The molecule has 3 rings (SSSR count). The van der Waals surface area contributed by atoms with E-state index in [-0.39, 0.29) is 5.91 Å². The summed E-state index contributed by atoms with van der Waals surface area (Å²) in [5.41, 5.74) is 3.54. The molecule has 1 aromatic heterocycles. The van der Waals surface area contributed by atoms with E-state index in [0.717, 1.165) is 23.5 Å². The molecule has 5 nitrogen and oxygen atoms in total. The number of carbonyl (C=O) groups excluding carboxylic acids is 1. The molecule has 1 aliphatic rings. The van der Waals surface area contributed by atoms with Crippen molar-refractivity contribution in [2.45, 2.75) is 12.6 Å². The second-order valence-corrected chi connectivity index (χ2v) is 5.26. The first-order valence-electron chi connectivity index (χ1n) is 6.77. The highest BCUT2D eigenvalue weighted by atomic mass is 16.3. The largest absolute Gasteiger partial charge is 0.378 e. The number of aliphatic hydroxyl groups excluding tert-OH is 1. The Kier molecular flexibility index (Phi) is 3.35. The summed E-state index contributed by atoms with van der Waals surface area (Å²) in [6.45, 7) is 0.729. The molecule has 5 heteroatoms. The number of pyridine rings is 1. The van der Waals surface area contributed by atoms with Crippen molar-refractivity contribution in [1.29, 1.82) is 0 Å². The number of aliphatic hydroxyl groups is 1. The van der Waals surface area contributed by atoms with Gasteiger partial charge in [0.2, 0.25) is 0 Å². The Morgan fingerprint density at radius 2 is 2.19 bits per heavy atom. The number of amides is 1. The minimum Gasteiger partial charge on any atom is -0.378 e. The molecule has 1 atom stereocenters. The van der Waals surface area contributed by atoms with Gasteiger partial charge in [0.1, 0.15) is 0 Å². The summed E-state index contributed by atoms with van der Waals surface area (Å²) in [5, 5.41) is 9.87. The molecule has 1 unspecified atom stereocenters. The lowest BCUT2D eigenvalue weighted by molar-refractivity contribution is -0.125. The summed E-state index contributed by atoms with van der Waals surface area (Å²) in [4.78, 5) is 19.5. The van der Waals surface area contributed by atoms with Crippen LogP contribution in [-0.2, 0) is 11.3 Å². The Balaban J connectivity index is 1.86. The second-order valence-electron chi connectivity index (χ2n) is 5.26. The highest BCUT2D eigenvalue weighted by molar-refractivity contribution is 6.03. The van der Waals surface area contributed by atoms with Crippen molar-refractivity contribution in [3.63, 3.8) is 0 Å². The van der Waals surface area contributed by atoms with Crippen LogP contribution in [0.4, 0.5) is 11.4 Å². The molecule has 1 amide bonds. The Bertz CT molecular complexity index is 672. The van der Waals surface area contributed by atoms with Crippen LogP contribution in [0.15, 0.2) is 42.7 Å². The third kappa shape index (κ3) is 2.36. The SMILES string of the molecule is CN(Cc1cccnc1)c1ccc2c(c1)N(C)C(=O)C2O. The topological polar surface area (TPSA) is 56.7 Å². The summed E-state index contributed by atoms with van der Waals surface area (Å²) < 4.78 is 0. The second kappa shape index (κ2) is 5.18. The van der Waals surface area contributed by atoms with E-state index in [2.05, 4.69) is 9.88 Å². The van der Waals surface area contributed by atoms with E-state index < -0.39 is 6.10 Å². The van der Waals surface area contributed by atoms with Gasteiger partial charge in [0.05, 0.1) is 5.69 Å². The first kappa shape index (κ1) is 13.6. The van der Waals surface area contributed by atoms with E-state index in [9.17, 15) is 9.90 Å². The Labute approximate surface area is 123 Å². The van der Waals surface area contributed by atoms with E-state index in [4.69, 9.17) is 0 Å². The van der Waals surface area contributed by atoms with E-state index in [0.29, 0.717) is 5.56 Å². The fourth-order valence-electron chi connectivity index (χ4n) is 2.58. The van der Waals surface area contributed by atoms with Crippen LogP contribution in [0.3, 0.4) is 0 Å². The van der Waals surface area contributed by atoms with Gasteiger partial charge in [-0.25, -0.2) is 0 Å². The molecule has 0 radical (unpaired) electrons. The number of likely N-dealkylation sites (N-methyl/N-ethyl adjacent to an activating group) is 1. The summed E-state index contributed by atoms with van der Waals surface area (Å²) >= 11 is 0. The summed E-state index contributed by atoms with van der Waals surface area (Å²) in [5.74, 6) is -0.280. The molecule has 0 spiro atoms. The van der Waals surface area contributed by atoms with Crippen molar-refractivity contribution >= 4 is 17.3 Å². The zero-order valence-electron chi connectivity index (χ0n) is 12.0. The van der Waals surface area contributed by atoms with Crippen molar-refractivity contribution in [1.82, 2.24) is 4.98 Å². The Morgan fingerprint density at radius 1 is 1.38 bits per heavy atom. The Hall–Kier alpha value is -2.40. The molecular weight excluding hydrogens is 266 g/mol. The van der Waals surface area contributed by atoms with Crippen LogP contribution in [0.1, 0.15) is 17.2 Å². The van der Waals surface area contributed by atoms with Crippen LogP contribution in [0.2, 0.25) is 0 Å². The minimum atomic E-state index is -1.04. The van der Waals surface area contributed by atoms with Gasteiger partial charge in [-0.2, -0.15) is 0 Å². The first-order chi connectivity index (χ1) is 10.1. The standard InChI is InChI=1S/C16H17N3O2/c1-18(10-11-4-3-7-17-9-11)12-5-6-13-14(8-12)19(2)16(21)15(13)20/h3-9,15,20H,10H2,1-2H3. The van der Waals surface area contributed by atoms with Gasteiger partial charge < -0.3 is 14.9 Å². The molecule has 2 aromatic rings. The highest BCUT2D eigenvalue weighted by Gasteiger charge is 2.33. The van der Waals surface area contributed by atoms with E-state index in [1.165, 1.54) is 4.90 Å². The average Bonchev–Trinajstić information content (AvgIpc) is 2.73. The molecule has 0 saturated carbocycles. The maximum absolute atomic E-state index is 11.8. The molecule has 1 aromatic carbocycles. The van der Waals surface area contributed by atoms with Gasteiger partial charge in [0.15, 0.2) is 6.10 Å². The van der Waals surface area contributed by atoms with Crippen molar-refractivity contribution in [2.24, 2.45) is 0 Å². The molecule has 0 aliphatic carbocycles. The third-order valence-electron chi connectivity index (χ3n) is 3.82. The molecule has 108 valence electrons. The van der Waals surface area contributed by atoms with Crippen LogP contribution in [-0.4, -0.2) is 30.1 Å². The zero-order valence-corrected chi connectivity index (χ0v) is 12.0. The fourth-order valence-corrected chi connectivity index (χ4v) is 2.58. The van der Waals surface area contributed by atoms with Crippen molar-refractivity contribution in [3.05, 3.63) is 53.9 Å². The number of fused-ring (bicyclic) bond motifs is 1. The molecule has 2 heterocycles. The lowest BCUT2D eigenvalue weighted by Crippen LogP contribution is -2.23. The first-order valence-corrected chi connectivity index (χ1v) is 6.77. The summed E-state index contributed by atoms with van der Waals surface area (Å²) in [7, 11) is 3.67. The number of rotatable bonds is 3. The van der Waals surface area contributed by atoms with Crippen LogP contribution >= 0.6 is 0 Å². The number of hydrogen-bond acceptors (Lipinski definition) is 4. The molecular formula is C16H17N3O2. The van der Waals surface area contributed by atoms with Crippen LogP contribution in [0.5, 0.6) is 0 Å². The number of hydrogen-bond donors (Lipinski definition) is 1. The predicted molar refractivity (Wildman–Crippen MR) is 81.2 cm³/mol. The molecule has 1 aliphatic heterocycles. The lowest BCUT2D eigenvalue weighted by atomic mass is 10.1. The van der Waals surface area contributed by atoms with Gasteiger partial charge in [-0.3, -0.25) is 9.78 Å². The van der Waals surface area contributed by atoms with Gasteiger partial charge >= 0.3 is 0 Å². The van der Waals surface area contributed by atoms with E-state index >= 15 is 0 Å². The highest BCUT2D eigenvalue weighted by Crippen LogP contribution is 2.37. The van der Waals surface area contributed by atoms with Gasteiger partial charge in [-0.05, 0) is 23.8 Å². The molecule has 0 fully saturated rings. The predicted octanol–water partition coefficient (Wildman–Crippen LogP) is 1.73. The molecule has 0 bridgehead atoms. The smallest absolute Gasteiger partial charge is 0.260 e. The number of nitrogens with zero attached hydrogens (tertiary/aromatic N) is 3. The van der Waals surface area contributed by atoms with Crippen molar-refractivity contribution < 1.29 is 9.90 Å². The van der Waals surface area contributed by atoms with Crippen LogP contribution in [0, 0.1) is 0 Å². The van der Waals surface area contributed by atoms with Gasteiger partial charge in [-0.1, -0.05) is 12.1 Å². The Morgan fingerprint density at radius 3 is 2.90 bits per heavy atom. The molecule has 0 saturated heterocycles. The third-order valence-corrected chi connectivity index (χ3v) is 3.82. The maximum atomic E-state index is 11.8. The molecule has 1 N–H and O–H groups in total. The lowest BCUT2D eigenvalue weighted by Gasteiger charge is -2.21.